The summed E-state index contributed by atoms with van der Waals surface area (Å²) in [6.07, 6.45) is 7.85. The number of nitrogens with one attached hydrogen (secondary N) is 1. The lowest BCUT2D eigenvalue weighted by Crippen LogP contribution is -2.32. The molecular weight excluding hydrogens is 240 g/mol. The van der Waals surface area contributed by atoms with Crippen LogP contribution >= 0.6 is 0 Å². The van der Waals surface area contributed by atoms with Crippen LogP contribution in [0.4, 0.5) is 0 Å². The number of hydrogen-bond acceptors (Lipinski definition) is 3. The highest BCUT2D eigenvalue weighted by atomic mass is 16.5. The van der Waals surface area contributed by atoms with Gasteiger partial charge in [0.25, 0.3) is 0 Å². The molecule has 1 unspecified atom stereocenters. The number of carbonyl (C=O) groups is 1. The van der Waals surface area contributed by atoms with Gasteiger partial charge < -0.3 is 15.0 Å². The first-order valence-corrected chi connectivity index (χ1v) is 7.82. The summed E-state index contributed by atoms with van der Waals surface area (Å²) in [7, 11) is 1.94. The van der Waals surface area contributed by atoms with Crippen molar-refractivity contribution in [2.24, 2.45) is 5.92 Å². The van der Waals surface area contributed by atoms with E-state index in [4.69, 9.17) is 4.74 Å². The first kappa shape index (κ1) is 14.8. The van der Waals surface area contributed by atoms with E-state index in [2.05, 4.69) is 5.32 Å². The highest BCUT2D eigenvalue weighted by molar-refractivity contribution is 5.75. The van der Waals surface area contributed by atoms with Crippen LogP contribution in [0.1, 0.15) is 44.9 Å². The van der Waals surface area contributed by atoms with Gasteiger partial charge in [0.15, 0.2) is 0 Å². The molecule has 1 N–H and O–H groups in total. The number of nitrogens with zero attached hydrogens (tertiary/aromatic N) is 1. The molecule has 2 saturated heterocycles. The topological polar surface area (TPSA) is 41.6 Å². The first-order chi connectivity index (χ1) is 9.25. The van der Waals surface area contributed by atoms with Gasteiger partial charge in [-0.2, -0.15) is 0 Å². The monoisotopic (exact) mass is 268 g/mol. The second-order valence-electron chi connectivity index (χ2n) is 5.97. The van der Waals surface area contributed by atoms with Crippen molar-refractivity contribution in [3.63, 3.8) is 0 Å². The highest BCUT2D eigenvalue weighted by Crippen LogP contribution is 2.18. The van der Waals surface area contributed by atoms with Crippen LogP contribution < -0.4 is 5.32 Å². The molecule has 0 aromatic carbocycles. The zero-order chi connectivity index (χ0) is 13.5. The largest absolute Gasteiger partial charge is 0.378 e. The van der Waals surface area contributed by atoms with Crippen molar-refractivity contribution in [2.45, 2.75) is 51.0 Å². The summed E-state index contributed by atoms with van der Waals surface area (Å²) in [4.78, 5) is 13.9. The van der Waals surface area contributed by atoms with Crippen LogP contribution in [-0.2, 0) is 9.53 Å². The van der Waals surface area contributed by atoms with E-state index in [-0.39, 0.29) is 5.91 Å². The van der Waals surface area contributed by atoms with Crippen LogP contribution in [0.15, 0.2) is 0 Å². The standard InChI is InChI=1S/C15H28N2O2/c1-17(11-8-13-6-9-16-10-7-13)15(18)5-4-14-3-2-12-19-14/h13-14,16H,2-12H2,1H3. The highest BCUT2D eigenvalue weighted by Gasteiger charge is 2.19. The fourth-order valence-corrected chi connectivity index (χ4v) is 3.02. The van der Waals surface area contributed by atoms with Gasteiger partial charge in [0, 0.05) is 26.6 Å². The molecule has 0 aliphatic carbocycles. The Balaban J connectivity index is 1.58. The summed E-state index contributed by atoms with van der Waals surface area (Å²) >= 11 is 0. The van der Waals surface area contributed by atoms with E-state index in [0.29, 0.717) is 12.5 Å². The fourth-order valence-electron chi connectivity index (χ4n) is 3.02. The molecule has 0 aromatic rings. The molecule has 4 nitrogen and oxygen atoms in total. The van der Waals surface area contributed by atoms with Crippen LogP contribution in [0.2, 0.25) is 0 Å². The zero-order valence-corrected chi connectivity index (χ0v) is 12.2. The van der Waals surface area contributed by atoms with Crippen LogP contribution in [0, 0.1) is 5.92 Å². The number of carbonyl (C=O) groups excluding carboxylic acids is 1. The van der Waals surface area contributed by atoms with E-state index in [0.717, 1.165) is 57.8 Å². The smallest absolute Gasteiger partial charge is 0.222 e. The maximum absolute atomic E-state index is 12.0. The molecule has 0 bridgehead atoms. The lowest BCUT2D eigenvalue weighted by molar-refractivity contribution is -0.130. The van der Waals surface area contributed by atoms with Crippen LogP contribution in [0.25, 0.3) is 0 Å². The third kappa shape index (κ3) is 5.11. The Morgan fingerprint density at radius 3 is 2.74 bits per heavy atom. The minimum atomic E-state index is 0.282. The van der Waals surface area contributed by atoms with Gasteiger partial charge in [0.1, 0.15) is 0 Å². The second-order valence-corrected chi connectivity index (χ2v) is 5.97. The molecule has 2 fully saturated rings. The van der Waals surface area contributed by atoms with Gasteiger partial charge in [-0.1, -0.05) is 0 Å². The summed E-state index contributed by atoms with van der Waals surface area (Å²) in [6, 6.07) is 0. The molecule has 0 radical (unpaired) electrons. The molecule has 1 atom stereocenters. The predicted molar refractivity (Wildman–Crippen MR) is 76.1 cm³/mol. The van der Waals surface area contributed by atoms with E-state index in [1.807, 2.05) is 11.9 Å². The number of rotatable bonds is 6. The van der Waals surface area contributed by atoms with Gasteiger partial charge in [-0.25, -0.2) is 0 Å². The minimum absolute atomic E-state index is 0.282. The van der Waals surface area contributed by atoms with Crippen molar-refractivity contribution < 1.29 is 9.53 Å². The van der Waals surface area contributed by atoms with Crippen LogP contribution in [0.5, 0.6) is 0 Å². The molecule has 19 heavy (non-hydrogen) atoms. The maximum Gasteiger partial charge on any atom is 0.222 e. The van der Waals surface area contributed by atoms with E-state index >= 15 is 0 Å². The quantitative estimate of drug-likeness (QED) is 0.798. The van der Waals surface area contributed by atoms with E-state index in [1.54, 1.807) is 0 Å². The lowest BCUT2D eigenvalue weighted by Gasteiger charge is -2.25. The average molecular weight is 268 g/mol. The SMILES string of the molecule is CN(CCC1CCNCC1)C(=O)CCC1CCCO1. The third-order valence-electron chi connectivity index (χ3n) is 4.46. The molecule has 0 saturated carbocycles. The molecule has 110 valence electrons. The fraction of sp³-hybridized carbons (Fsp3) is 0.933. The second kappa shape index (κ2) is 7.85. The minimum Gasteiger partial charge on any atom is -0.378 e. The predicted octanol–water partition coefficient (Wildman–Crippen LogP) is 1.79. The molecule has 4 heteroatoms. The summed E-state index contributed by atoms with van der Waals surface area (Å²) in [5.74, 6) is 1.08. The molecule has 1 amide bonds. The van der Waals surface area contributed by atoms with Crippen molar-refractivity contribution >= 4 is 5.91 Å². The number of hydrogen-bond donors (Lipinski definition) is 1. The van der Waals surface area contributed by atoms with Gasteiger partial charge in [-0.05, 0) is 57.5 Å². The molecule has 2 aliphatic heterocycles. The molecule has 2 rings (SSSR count). The number of piperidine rings is 1. The summed E-state index contributed by atoms with van der Waals surface area (Å²) in [5.41, 5.74) is 0. The molecule has 2 aliphatic rings. The average Bonchev–Trinajstić information content (AvgIpc) is 2.96. The van der Waals surface area contributed by atoms with Gasteiger partial charge in [-0.3, -0.25) is 4.79 Å². The van der Waals surface area contributed by atoms with Gasteiger partial charge in [0.05, 0.1) is 6.10 Å². The van der Waals surface area contributed by atoms with Crippen molar-refractivity contribution in [1.82, 2.24) is 10.2 Å². The van der Waals surface area contributed by atoms with Crippen molar-refractivity contribution in [2.75, 3.05) is 33.3 Å². The van der Waals surface area contributed by atoms with Gasteiger partial charge in [-0.15, -0.1) is 0 Å². The Hall–Kier alpha value is -0.610. The third-order valence-corrected chi connectivity index (χ3v) is 4.46. The molecule has 0 spiro atoms. The molecular formula is C15H28N2O2. The summed E-state index contributed by atoms with van der Waals surface area (Å²) in [5, 5.41) is 3.38. The lowest BCUT2D eigenvalue weighted by atomic mass is 9.94. The van der Waals surface area contributed by atoms with Crippen molar-refractivity contribution in [3.05, 3.63) is 0 Å². The molecule has 2 heterocycles. The van der Waals surface area contributed by atoms with E-state index < -0.39 is 0 Å². The van der Waals surface area contributed by atoms with E-state index in [1.165, 1.54) is 12.8 Å². The summed E-state index contributed by atoms with van der Waals surface area (Å²) in [6.45, 7) is 4.07. The zero-order valence-electron chi connectivity index (χ0n) is 12.2. The number of ether oxygens (including phenoxy) is 1. The van der Waals surface area contributed by atoms with Gasteiger partial charge in [0.2, 0.25) is 5.91 Å². The van der Waals surface area contributed by atoms with Gasteiger partial charge >= 0.3 is 0 Å². The normalized spacial score (nSPS) is 24.6. The Morgan fingerprint density at radius 1 is 1.26 bits per heavy atom. The van der Waals surface area contributed by atoms with Crippen LogP contribution in [0.3, 0.4) is 0 Å². The number of amides is 1. The Kier molecular flexibility index (Phi) is 6.11. The maximum atomic E-state index is 12.0. The van der Waals surface area contributed by atoms with Crippen LogP contribution in [-0.4, -0.2) is 50.2 Å². The Morgan fingerprint density at radius 2 is 2.05 bits per heavy atom. The molecule has 0 aromatic heterocycles. The summed E-state index contributed by atoms with van der Waals surface area (Å²) < 4.78 is 5.56. The van der Waals surface area contributed by atoms with Crippen molar-refractivity contribution in [3.8, 4) is 0 Å². The van der Waals surface area contributed by atoms with E-state index in [9.17, 15) is 4.79 Å². The Labute approximate surface area is 116 Å². The first-order valence-electron chi connectivity index (χ1n) is 7.82. The van der Waals surface area contributed by atoms with Crippen molar-refractivity contribution in [1.29, 1.82) is 0 Å². The Bertz CT molecular complexity index is 271.